The summed E-state index contributed by atoms with van der Waals surface area (Å²) in [7, 11) is 1.46. The topological polar surface area (TPSA) is 97.0 Å². The predicted molar refractivity (Wildman–Crippen MR) is 101 cm³/mol. The van der Waals surface area contributed by atoms with Gasteiger partial charge in [0.25, 0.3) is 11.8 Å². The molecule has 0 saturated carbocycles. The molecule has 0 spiro atoms. The van der Waals surface area contributed by atoms with Gasteiger partial charge >= 0.3 is 6.03 Å². The minimum Gasteiger partial charge on any atom is -0.493 e. The van der Waals surface area contributed by atoms with E-state index in [1.165, 1.54) is 19.2 Å². The molecule has 0 radical (unpaired) electrons. The molecule has 0 unspecified atom stereocenters. The molecule has 0 aromatic heterocycles. The first-order chi connectivity index (χ1) is 13.4. The van der Waals surface area contributed by atoms with Crippen LogP contribution in [0.15, 0.2) is 48.5 Å². The van der Waals surface area contributed by atoms with E-state index >= 15 is 0 Å². The van der Waals surface area contributed by atoms with Gasteiger partial charge in [0, 0.05) is 5.56 Å². The van der Waals surface area contributed by atoms with Crippen molar-refractivity contribution in [2.24, 2.45) is 0 Å². The molecule has 0 aliphatic carbocycles. The van der Waals surface area contributed by atoms with Crippen LogP contribution in [0.3, 0.4) is 0 Å². The van der Waals surface area contributed by atoms with Crippen LogP contribution >= 0.6 is 0 Å². The Morgan fingerprint density at radius 1 is 1.14 bits per heavy atom. The highest BCUT2D eigenvalue weighted by Crippen LogP contribution is 2.29. The van der Waals surface area contributed by atoms with E-state index < -0.39 is 23.4 Å². The van der Waals surface area contributed by atoms with E-state index in [0.717, 1.165) is 0 Å². The molecule has 1 aliphatic heterocycles. The van der Waals surface area contributed by atoms with Gasteiger partial charge in [-0.05, 0) is 37.6 Å². The largest absolute Gasteiger partial charge is 0.493 e. The second-order valence-electron chi connectivity index (χ2n) is 6.30. The Morgan fingerprint density at radius 3 is 2.50 bits per heavy atom. The van der Waals surface area contributed by atoms with Crippen LogP contribution in [0.25, 0.3) is 0 Å². The van der Waals surface area contributed by atoms with Gasteiger partial charge in [0.2, 0.25) is 0 Å². The normalized spacial score (nSPS) is 18.6. The quantitative estimate of drug-likeness (QED) is 0.746. The zero-order valence-electron chi connectivity index (χ0n) is 15.8. The second-order valence-corrected chi connectivity index (χ2v) is 6.30. The molecule has 1 fully saturated rings. The van der Waals surface area contributed by atoms with Crippen LogP contribution in [0.4, 0.5) is 4.79 Å². The number of nitrogens with one attached hydrogen (secondary N) is 2. The van der Waals surface area contributed by atoms with Crippen molar-refractivity contribution in [2.45, 2.75) is 19.4 Å². The Balaban J connectivity index is 1.81. The monoisotopic (exact) mass is 383 g/mol. The SMILES string of the molecule is CCOc1ccc(C(=O)NN2C(=O)N[C@](C)(c3ccccc3)C2=O)cc1OC. The summed E-state index contributed by atoms with van der Waals surface area (Å²) < 4.78 is 10.6. The summed E-state index contributed by atoms with van der Waals surface area (Å²) in [5, 5.41) is 3.32. The molecule has 2 N–H and O–H groups in total. The van der Waals surface area contributed by atoms with Gasteiger partial charge in [-0.2, -0.15) is 5.01 Å². The minimum atomic E-state index is -1.26. The van der Waals surface area contributed by atoms with Gasteiger partial charge in [0.1, 0.15) is 5.54 Å². The van der Waals surface area contributed by atoms with E-state index in [4.69, 9.17) is 9.47 Å². The predicted octanol–water partition coefficient (Wildman–Crippen LogP) is 2.21. The lowest BCUT2D eigenvalue weighted by Gasteiger charge is -2.22. The Kier molecular flexibility index (Phi) is 5.21. The van der Waals surface area contributed by atoms with Crippen molar-refractivity contribution in [1.29, 1.82) is 0 Å². The van der Waals surface area contributed by atoms with Crippen molar-refractivity contribution in [2.75, 3.05) is 13.7 Å². The van der Waals surface area contributed by atoms with Gasteiger partial charge in [-0.15, -0.1) is 0 Å². The highest BCUT2D eigenvalue weighted by Gasteiger charge is 2.50. The molecule has 8 nitrogen and oxygen atoms in total. The number of hydrazine groups is 1. The van der Waals surface area contributed by atoms with Gasteiger partial charge < -0.3 is 14.8 Å². The molecule has 1 saturated heterocycles. The van der Waals surface area contributed by atoms with E-state index in [2.05, 4.69) is 10.7 Å². The average Bonchev–Trinajstić information content (AvgIpc) is 2.93. The smallest absolute Gasteiger partial charge is 0.344 e. The van der Waals surface area contributed by atoms with E-state index in [0.29, 0.717) is 28.7 Å². The minimum absolute atomic E-state index is 0.217. The molecule has 3 rings (SSSR count). The maximum atomic E-state index is 12.9. The molecule has 1 atom stereocenters. The number of hydrogen-bond acceptors (Lipinski definition) is 5. The molecule has 0 bridgehead atoms. The van der Waals surface area contributed by atoms with Crippen molar-refractivity contribution in [3.63, 3.8) is 0 Å². The number of hydrogen-bond donors (Lipinski definition) is 2. The standard InChI is InChI=1S/C20H21N3O5/c1-4-28-15-11-10-13(12-16(15)27-3)17(24)22-23-18(25)20(2,21-19(23)26)14-8-6-5-7-9-14/h5-12H,4H2,1-3H3,(H,21,26)(H,22,24)/t20-/m1/s1. The van der Waals surface area contributed by atoms with Crippen molar-refractivity contribution in [3.05, 3.63) is 59.7 Å². The Hall–Kier alpha value is -3.55. The van der Waals surface area contributed by atoms with Crippen LogP contribution in [0.5, 0.6) is 11.5 Å². The third-order valence-electron chi connectivity index (χ3n) is 4.48. The zero-order chi connectivity index (χ0) is 20.3. The van der Waals surface area contributed by atoms with Gasteiger partial charge in [0.05, 0.1) is 13.7 Å². The number of imide groups is 1. The maximum absolute atomic E-state index is 12.9. The lowest BCUT2D eigenvalue weighted by molar-refractivity contribution is -0.132. The Morgan fingerprint density at radius 2 is 1.86 bits per heavy atom. The highest BCUT2D eigenvalue weighted by molar-refractivity contribution is 6.09. The number of nitrogens with zero attached hydrogens (tertiary/aromatic N) is 1. The number of urea groups is 1. The number of methoxy groups -OCH3 is 1. The summed E-state index contributed by atoms with van der Waals surface area (Å²) >= 11 is 0. The molecule has 2 aromatic rings. The zero-order valence-corrected chi connectivity index (χ0v) is 15.8. The van der Waals surface area contributed by atoms with Gasteiger partial charge in [0.15, 0.2) is 11.5 Å². The van der Waals surface area contributed by atoms with E-state index in [9.17, 15) is 14.4 Å². The van der Waals surface area contributed by atoms with E-state index in [-0.39, 0.29) is 5.56 Å². The fourth-order valence-electron chi connectivity index (χ4n) is 2.96. The van der Waals surface area contributed by atoms with Crippen LogP contribution in [0, 0.1) is 0 Å². The van der Waals surface area contributed by atoms with E-state index in [1.54, 1.807) is 37.3 Å². The Labute approximate surface area is 162 Å². The Bertz CT molecular complexity index is 915. The number of amides is 4. The van der Waals surface area contributed by atoms with Crippen molar-refractivity contribution >= 4 is 17.8 Å². The van der Waals surface area contributed by atoms with Gasteiger partial charge in [-0.1, -0.05) is 30.3 Å². The summed E-state index contributed by atoms with van der Waals surface area (Å²) in [5.74, 6) is -0.328. The maximum Gasteiger partial charge on any atom is 0.344 e. The molecule has 2 aromatic carbocycles. The molecule has 28 heavy (non-hydrogen) atoms. The first-order valence-corrected chi connectivity index (χ1v) is 8.74. The van der Waals surface area contributed by atoms with Crippen LogP contribution in [-0.4, -0.2) is 36.6 Å². The van der Waals surface area contributed by atoms with Crippen LogP contribution in [0.1, 0.15) is 29.8 Å². The fourth-order valence-corrected chi connectivity index (χ4v) is 2.96. The third kappa shape index (κ3) is 3.36. The van der Waals surface area contributed by atoms with Gasteiger partial charge in [-0.25, -0.2) is 4.79 Å². The molecular weight excluding hydrogens is 362 g/mol. The summed E-state index contributed by atoms with van der Waals surface area (Å²) in [6.45, 7) is 3.87. The number of benzene rings is 2. The average molecular weight is 383 g/mol. The van der Waals surface area contributed by atoms with Crippen molar-refractivity contribution in [1.82, 2.24) is 15.8 Å². The summed E-state index contributed by atoms with van der Waals surface area (Å²) in [6, 6.07) is 12.7. The number of rotatable bonds is 6. The lowest BCUT2D eigenvalue weighted by Crippen LogP contribution is -2.47. The van der Waals surface area contributed by atoms with Crippen LogP contribution < -0.4 is 20.2 Å². The van der Waals surface area contributed by atoms with E-state index in [1.807, 2.05) is 13.0 Å². The summed E-state index contributed by atoms with van der Waals surface area (Å²) in [4.78, 5) is 37.8. The van der Waals surface area contributed by atoms with Crippen LogP contribution in [0.2, 0.25) is 0 Å². The molecule has 8 heteroatoms. The summed E-state index contributed by atoms with van der Waals surface area (Å²) in [5.41, 5.74) is 1.93. The highest BCUT2D eigenvalue weighted by atomic mass is 16.5. The fraction of sp³-hybridized carbons (Fsp3) is 0.250. The number of carbonyl (C=O) groups is 3. The molecule has 146 valence electrons. The van der Waals surface area contributed by atoms with Crippen LogP contribution in [-0.2, 0) is 10.3 Å². The molecule has 1 heterocycles. The summed E-state index contributed by atoms with van der Waals surface area (Å²) in [6.07, 6.45) is 0. The second kappa shape index (κ2) is 7.59. The van der Waals surface area contributed by atoms with Crippen molar-refractivity contribution < 1.29 is 23.9 Å². The lowest BCUT2D eigenvalue weighted by atomic mass is 9.92. The first-order valence-electron chi connectivity index (χ1n) is 8.74. The van der Waals surface area contributed by atoms with Gasteiger partial charge in [-0.3, -0.25) is 15.0 Å². The number of ether oxygens (including phenoxy) is 2. The molecular formula is C20H21N3O5. The molecule has 4 amide bonds. The number of carbonyl (C=O) groups excluding carboxylic acids is 3. The first kappa shape index (κ1) is 19.2. The third-order valence-corrected chi connectivity index (χ3v) is 4.48. The van der Waals surface area contributed by atoms with Crippen molar-refractivity contribution in [3.8, 4) is 11.5 Å². The molecule has 1 aliphatic rings.